The van der Waals surface area contributed by atoms with Crippen molar-refractivity contribution >= 4 is 28.2 Å². The van der Waals surface area contributed by atoms with E-state index in [-0.39, 0.29) is 0 Å². The quantitative estimate of drug-likeness (QED) is 0.559. The fraction of sp³-hybridized carbons (Fsp3) is 0.400. The Hall–Kier alpha value is -1.62. The fourth-order valence-electron chi connectivity index (χ4n) is 1.67. The van der Waals surface area contributed by atoms with E-state index in [1.807, 2.05) is 31.2 Å². The monoisotopic (exact) mass is 334 g/mol. The molecule has 0 aliphatic rings. The Bertz CT molecular complexity index is 607. The molecule has 2 rings (SSSR count). The van der Waals surface area contributed by atoms with Crippen molar-refractivity contribution in [2.24, 2.45) is 0 Å². The van der Waals surface area contributed by atoms with Crippen LogP contribution in [0, 0.1) is 11.3 Å². The highest BCUT2D eigenvalue weighted by molar-refractivity contribution is 8.00. The number of nitrogens with zero attached hydrogens (tertiary/aromatic N) is 3. The van der Waals surface area contributed by atoms with E-state index in [1.165, 1.54) is 5.56 Å². The normalized spacial score (nSPS) is 10.4. The Morgan fingerprint density at radius 2 is 2.14 bits per heavy atom. The first-order chi connectivity index (χ1) is 10.8. The summed E-state index contributed by atoms with van der Waals surface area (Å²) in [4.78, 5) is 0. The van der Waals surface area contributed by atoms with Crippen LogP contribution in [-0.4, -0.2) is 30.0 Å². The molecule has 0 amide bonds. The third-order valence-electron chi connectivity index (χ3n) is 2.80. The van der Waals surface area contributed by atoms with Crippen molar-refractivity contribution < 1.29 is 4.74 Å². The van der Waals surface area contributed by atoms with Crippen molar-refractivity contribution in [2.75, 3.05) is 25.1 Å². The number of ether oxygens (including phenoxy) is 1. The average Bonchev–Trinajstić information content (AvgIpc) is 3.01. The highest BCUT2D eigenvalue weighted by Crippen LogP contribution is 2.28. The predicted molar refractivity (Wildman–Crippen MR) is 90.2 cm³/mol. The molecule has 0 atom stereocenters. The lowest BCUT2D eigenvalue weighted by Crippen LogP contribution is -2.05. The molecule has 0 unspecified atom stereocenters. The van der Waals surface area contributed by atoms with E-state index in [0.717, 1.165) is 41.4 Å². The number of hydrogen-bond acceptors (Lipinski definition) is 7. The first-order valence-electron chi connectivity index (χ1n) is 7.08. The third kappa shape index (κ3) is 5.64. The number of aromatic nitrogens is 2. The van der Waals surface area contributed by atoms with Gasteiger partial charge in [-0.3, -0.25) is 0 Å². The largest absolute Gasteiger partial charge is 0.382 e. The lowest BCUT2D eigenvalue weighted by Gasteiger charge is -2.01. The maximum atomic E-state index is 8.77. The van der Waals surface area contributed by atoms with Gasteiger partial charge in [0, 0.05) is 25.5 Å². The van der Waals surface area contributed by atoms with Gasteiger partial charge in [-0.2, -0.15) is 5.26 Å². The zero-order valence-corrected chi connectivity index (χ0v) is 14.0. The summed E-state index contributed by atoms with van der Waals surface area (Å²) in [7, 11) is 0. The molecule has 5 nitrogen and oxygen atoms in total. The summed E-state index contributed by atoms with van der Waals surface area (Å²) >= 11 is 3.21. The fourth-order valence-corrected chi connectivity index (χ4v) is 3.41. The maximum Gasteiger partial charge on any atom is 0.206 e. The predicted octanol–water partition coefficient (Wildman–Crippen LogP) is 3.54. The van der Waals surface area contributed by atoms with E-state index in [1.54, 1.807) is 23.1 Å². The van der Waals surface area contributed by atoms with Crippen LogP contribution in [-0.2, 0) is 10.5 Å². The van der Waals surface area contributed by atoms with E-state index in [4.69, 9.17) is 10.00 Å². The standard InChI is InChI=1S/C15H18N4OS2/c1-2-20-9-3-8-17-14-18-19-15(22-14)21-11-13-6-4-12(10-16)5-7-13/h4-7H,2-3,8-9,11H2,1H3,(H,17,18). The molecule has 1 aromatic carbocycles. The van der Waals surface area contributed by atoms with E-state index in [9.17, 15) is 0 Å². The summed E-state index contributed by atoms with van der Waals surface area (Å²) in [5, 5.41) is 21.2. The van der Waals surface area contributed by atoms with Crippen LogP contribution in [0.5, 0.6) is 0 Å². The van der Waals surface area contributed by atoms with Gasteiger partial charge in [-0.05, 0) is 31.0 Å². The van der Waals surface area contributed by atoms with Gasteiger partial charge in [0.25, 0.3) is 0 Å². The molecule has 7 heteroatoms. The van der Waals surface area contributed by atoms with Crippen LogP contribution in [0.1, 0.15) is 24.5 Å². The number of thioether (sulfide) groups is 1. The molecule has 0 aliphatic carbocycles. The van der Waals surface area contributed by atoms with Gasteiger partial charge in [0.1, 0.15) is 0 Å². The van der Waals surface area contributed by atoms with Gasteiger partial charge in [0.05, 0.1) is 11.6 Å². The number of nitriles is 1. The van der Waals surface area contributed by atoms with Crippen LogP contribution in [0.15, 0.2) is 28.6 Å². The van der Waals surface area contributed by atoms with Gasteiger partial charge in [0.2, 0.25) is 5.13 Å². The van der Waals surface area contributed by atoms with Crippen LogP contribution in [0.4, 0.5) is 5.13 Å². The Balaban J connectivity index is 1.73. The second-order valence-electron chi connectivity index (χ2n) is 4.45. The van der Waals surface area contributed by atoms with Crippen molar-refractivity contribution in [2.45, 2.75) is 23.4 Å². The van der Waals surface area contributed by atoms with E-state index in [2.05, 4.69) is 21.6 Å². The van der Waals surface area contributed by atoms with Gasteiger partial charge >= 0.3 is 0 Å². The Kier molecular flexibility index (Phi) is 7.16. The van der Waals surface area contributed by atoms with Crippen LogP contribution in [0.3, 0.4) is 0 Å². The van der Waals surface area contributed by atoms with Gasteiger partial charge < -0.3 is 10.1 Å². The molecular weight excluding hydrogens is 316 g/mol. The molecule has 1 aromatic heterocycles. The molecule has 0 radical (unpaired) electrons. The zero-order valence-electron chi connectivity index (χ0n) is 12.4. The molecule has 0 aliphatic heterocycles. The van der Waals surface area contributed by atoms with Crippen molar-refractivity contribution in [3.63, 3.8) is 0 Å². The Labute approximate surface area is 138 Å². The van der Waals surface area contributed by atoms with Gasteiger partial charge in [-0.1, -0.05) is 35.2 Å². The van der Waals surface area contributed by atoms with Crippen molar-refractivity contribution in [3.8, 4) is 6.07 Å². The number of anilines is 1. The SMILES string of the molecule is CCOCCCNc1nnc(SCc2ccc(C#N)cc2)s1. The number of nitrogens with one attached hydrogen (secondary N) is 1. The van der Waals surface area contributed by atoms with Crippen molar-refractivity contribution in [1.29, 1.82) is 5.26 Å². The Morgan fingerprint density at radius 3 is 2.86 bits per heavy atom. The van der Waals surface area contributed by atoms with Gasteiger partial charge in [0.15, 0.2) is 4.34 Å². The Morgan fingerprint density at radius 1 is 1.32 bits per heavy atom. The number of benzene rings is 1. The number of rotatable bonds is 9. The van der Waals surface area contributed by atoms with Crippen LogP contribution in [0.2, 0.25) is 0 Å². The van der Waals surface area contributed by atoms with E-state index < -0.39 is 0 Å². The maximum absolute atomic E-state index is 8.77. The van der Waals surface area contributed by atoms with E-state index in [0.29, 0.717) is 5.56 Å². The summed E-state index contributed by atoms with van der Waals surface area (Å²) in [6, 6.07) is 9.73. The topological polar surface area (TPSA) is 70.8 Å². The summed E-state index contributed by atoms with van der Waals surface area (Å²) in [6.07, 6.45) is 0.959. The van der Waals surface area contributed by atoms with Crippen LogP contribution in [0.25, 0.3) is 0 Å². The van der Waals surface area contributed by atoms with Crippen molar-refractivity contribution in [3.05, 3.63) is 35.4 Å². The average molecular weight is 334 g/mol. The summed E-state index contributed by atoms with van der Waals surface area (Å²) in [5.74, 6) is 0.824. The van der Waals surface area contributed by atoms with Crippen molar-refractivity contribution in [1.82, 2.24) is 10.2 Å². The van der Waals surface area contributed by atoms with E-state index >= 15 is 0 Å². The first-order valence-corrected chi connectivity index (χ1v) is 8.89. The highest BCUT2D eigenvalue weighted by atomic mass is 32.2. The molecule has 0 fully saturated rings. The first kappa shape index (κ1) is 16.7. The van der Waals surface area contributed by atoms with Crippen LogP contribution < -0.4 is 5.32 Å². The lowest BCUT2D eigenvalue weighted by atomic mass is 10.2. The second kappa shape index (κ2) is 9.41. The summed E-state index contributed by atoms with van der Waals surface area (Å²) < 4.78 is 6.23. The summed E-state index contributed by atoms with van der Waals surface area (Å²) in [6.45, 7) is 4.36. The van der Waals surface area contributed by atoms with Gasteiger partial charge in [-0.15, -0.1) is 10.2 Å². The van der Waals surface area contributed by atoms with Crippen LogP contribution >= 0.6 is 23.1 Å². The molecule has 0 saturated heterocycles. The molecule has 116 valence electrons. The molecule has 22 heavy (non-hydrogen) atoms. The minimum absolute atomic E-state index is 0.684. The molecule has 0 bridgehead atoms. The molecule has 1 heterocycles. The molecule has 2 aromatic rings. The zero-order chi connectivity index (χ0) is 15.6. The second-order valence-corrected chi connectivity index (χ2v) is 6.65. The highest BCUT2D eigenvalue weighted by Gasteiger charge is 2.05. The minimum atomic E-state index is 0.684. The molecule has 0 saturated carbocycles. The third-order valence-corrected chi connectivity index (χ3v) is 4.88. The lowest BCUT2D eigenvalue weighted by molar-refractivity contribution is 0.147. The molecular formula is C15H18N4OS2. The molecule has 1 N–H and O–H groups in total. The smallest absolute Gasteiger partial charge is 0.206 e. The minimum Gasteiger partial charge on any atom is -0.382 e. The summed E-state index contributed by atoms with van der Waals surface area (Å²) in [5.41, 5.74) is 1.86. The number of hydrogen-bond donors (Lipinski definition) is 1. The molecule has 0 spiro atoms. The van der Waals surface area contributed by atoms with Gasteiger partial charge in [-0.25, -0.2) is 0 Å².